The molecule has 0 atom stereocenters. The summed E-state index contributed by atoms with van der Waals surface area (Å²) in [5.41, 5.74) is 1.35. The monoisotopic (exact) mass is 194 g/mol. The summed E-state index contributed by atoms with van der Waals surface area (Å²) in [4.78, 5) is 2.17. The maximum absolute atomic E-state index is 11.9. The molecule has 0 spiro atoms. The van der Waals surface area contributed by atoms with Crippen molar-refractivity contribution < 1.29 is 4.39 Å². The van der Waals surface area contributed by atoms with Crippen LogP contribution in [0.1, 0.15) is 12.0 Å². The molecule has 0 aliphatic rings. The first-order valence-electron chi connectivity index (χ1n) is 5.11. The van der Waals surface area contributed by atoms with Crippen LogP contribution >= 0.6 is 0 Å². The van der Waals surface area contributed by atoms with Gasteiger partial charge in [0.15, 0.2) is 0 Å². The van der Waals surface area contributed by atoms with Gasteiger partial charge in [0.05, 0.1) is 6.67 Å². The molecule has 1 aromatic carbocycles. The SMILES string of the molecule is CN(CCC[18F])CCc1ccccc1. The van der Waals surface area contributed by atoms with Crippen LogP contribution < -0.4 is 0 Å². The van der Waals surface area contributed by atoms with Crippen molar-refractivity contribution >= 4 is 0 Å². The summed E-state index contributed by atoms with van der Waals surface area (Å²) >= 11 is 0. The molecule has 1 aromatic rings. The van der Waals surface area contributed by atoms with Crippen molar-refractivity contribution in [2.45, 2.75) is 12.8 Å². The van der Waals surface area contributed by atoms with Crippen LogP contribution in [0.3, 0.4) is 0 Å². The van der Waals surface area contributed by atoms with Gasteiger partial charge in [0.2, 0.25) is 0 Å². The molecule has 14 heavy (non-hydrogen) atoms. The molecule has 0 saturated heterocycles. The van der Waals surface area contributed by atoms with E-state index in [0.29, 0.717) is 6.42 Å². The first-order chi connectivity index (χ1) is 6.83. The number of alkyl halides is 1. The quantitative estimate of drug-likeness (QED) is 0.672. The van der Waals surface area contributed by atoms with Crippen LogP contribution in [-0.2, 0) is 6.42 Å². The van der Waals surface area contributed by atoms with Crippen molar-refractivity contribution in [3.63, 3.8) is 0 Å². The number of benzene rings is 1. The number of hydrogen-bond acceptors (Lipinski definition) is 1. The van der Waals surface area contributed by atoms with Gasteiger partial charge in [-0.15, -0.1) is 0 Å². The van der Waals surface area contributed by atoms with E-state index in [4.69, 9.17) is 0 Å². The Morgan fingerprint density at radius 3 is 2.50 bits per heavy atom. The minimum atomic E-state index is -0.213. The maximum atomic E-state index is 11.9. The van der Waals surface area contributed by atoms with Gasteiger partial charge < -0.3 is 4.90 Å². The standard InChI is InChI=1S/C12H18FN/c1-14(10-5-9-13)11-8-12-6-3-2-4-7-12/h2-4,6-7H,5,8-11H2,1H3/i13-1. The molecule has 0 bridgehead atoms. The predicted octanol–water partition coefficient (Wildman–Crippen LogP) is 2.52. The third-order valence-corrected chi connectivity index (χ3v) is 2.30. The summed E-state index contributed by atoms with van der Waals surface area (Å²) in [5, 5.41) is 0. The normalized spacial score (nSPS) is 10.8. The Labute approximate surface area is 85.5 Å². The third kappa shape index (κ3) is 4.38. The van der Waals surface area contributed by atoms with E-state index >= 15 is 0 Å². The second-order valence-electron chi connectivity index (χ2n) is 3.58. The van der Waals surface area contributed by atoms with E-state index in [9.17, 15) is 4.39 Å². The molecule has 78 valence electrons. The molecule has 0 amide bonds. The second-order valence-corrected chi connectivity index (χ2v) is 3.58. The molecule has 1 rings (SSSR count). The van der Waals surface area contributed by atoms with Crippen LogP contribution in [0.15, 0.2) is 30.3 Å². The smallest absolute Gasteiger partial charge is 0.0906 e. The molecule has 1 nitrogen and oxygen atoms in total. The summed E-state index contributed by atoms with van der Waals surface area (Å²) in [6.45, 7) is 1.64. The highest BCUT2D eigenvalue weighted by molar-refractivity contribution is 5.14. The Bertz CT molecular complexity index is 235. The number of likely N-dealkylation sites (N-methyl/N-ethyl adjacent to an activating group) is 1. The van der Waals surface area contributed by atoms with Crippen LogP contribution in [0.4, 0.5) is 4.39 Å². The van der Waals surface area contributed by atoms with Gasteiger partial charge in [-0.3, -0.25) is 4.39 Å². The Hall–Kier alpha value is -0.890. The van der Waals surface area contributed by atoms with E-state index in [2.05, 4.69) is 29.2 Å². The predicted molar refractivity (Wildman–Crippen MR) is 58.2 cm³/mol. The zero-order chi connectivity index (χ0) is 10.2. The summed E-state index contributed by atoms with van der Waals surface area (Å²) < 4.78 is 11.9. The lowest BCUT2D eigenvalue weighted by molar-refractivity contribution is 0.312. The summed E-state index contributed by atoms with van der Waals surface area (Å²) in [6.07, 6.45) is 1.69. The van der Waals surface area contributed by atoms with Gasteiger partial charge in [-0.25, -0.2) is 0 Å². The minimum Gasteiger partial charge on any atom is -0.306 e. The lowest BCUT2D eigenvalue weighted by atomic mass is 10.1. The molecular weight excluding hydrogens is 176 g/mol. The highest BCUT2D eigenvalue weighted by Gasteiger charge is 1.98. The fourth-order valence-electron chi connectivity index (χ4n) is 1.41. The van der Waals surface area contributed by atoms with Crippen molar-refractivity contribution in [1.82, 2.24) is 4.90 Å². The van der Waals surface area contributed by atoms with Crippen LogP contribution in [0, 0.1) is 0 Å². The molecule has 0 unspecified atom stereocenters. The Morgan fingerprint density at radius 2 is 1.86 bits per heavy atom. The van der Waals surface area contributed by atoms with E-state index < -0.39 is 0 Å². The number of nitrogens with zero attached hydrogens (tertiary/aromatic N) is 1. The third-order valence-electron chi connectivity index (χ3n) is 2.30. The molecule has 0 aliphatic heterocycles. The van der Waals surface area contributed by atoms with Gasteiger partial charge in [0, 0.05) is 13.1 Å². The van der Waals surface area contributed by atoms with Crippen molar-refractivity contribution in [1.29, 1.82) is 0 Å². The average Bonchev–Trinajstić information content (AvgIpc) is 2.25. The van der Waals surface area contributed by atoms with Gasteiger partial charge >= 0.3 is 0 Å². The Kier molecular flexibility index (Phi) is 5.23. The van der Waals surface area contributed by atoms with Crippen LogP contribution in [0.25, 0.3) is 0 Å². The molecular formula is C12H18FN. The Morgan fingerprint density at radius 1 is 1.14 bits per heavy atom. The summed E-state index contributed by atoms with van der Waals surface area (Å²) in [6, 6.07) is 10.4. The molecule has 0 fully saturated rings. The summed E-state index contributed by atoms with van der Waals surface area (Å²) in [5.74, 6) is 0. The minimum absolute atomic E-state index is 0.213. The molecule has 0 aliphatic carbocycles. The fraction of sp³-hybridized carbons (Fsp3) is 0.500. The largest absolute Gasteiger partial charge is 0.306 e. The molecule has 0 aromatic heterocycles. The van der Waals surface area contributed by atoms with Crippen molar-refractivity contribution in [3.05, 3.63) is 35.9 Å². The van der Waals surface area contributed by atoms with Gasteiger partial charge in [-0.1, -0.05) is 30.3 Å². The number of halogens is 1. The molecule has 0 saturated carbocycles. The highest BCUT2D eigenvalue weighted by Crippen LogP contribution is 2.00. The first kappa shape index (κ1) is 11.2. The van der Waals surface area contributed by atoms with E-state index in [1.54, 1.807) is 0 Å². The maximum Gasteiger partial charge on any atom is 0.0906 e. The molecule has 2 heteroatoms. The topological polar surface area (TPSA) is 3.24 Å². The fourth-order valence-corrected chi connectivity index (χ4v) is 1.41. The van der Waals surface area contributed by atoms with Gasteiger partial charge in [0.25, 0.3) is 0 Å². The van der Waals surface area contributed by atoms with Crippen molar-refractivity contribution in [2.24, 2.45) is 0 Å². The van der Waals surface area contributed by atoms with Gasteiger partial charge in [-0.05, 0) is 25.5 Å². The zero-order valence-electron chi connectivity index (χ0n) is 8.75. The zero-order valence-corrected chi connectivity index (χ0v) is 8.75. The van der Waals surface area contributed by atoms with Gasteiger partial charge in [0.1, 0.15) is 0 Å². The number of hydrogen-bond donors (Lipinski definition) is 0. The molecule has 0 N–H and O–H groups in total. The van der Waals surface area contributed by atoms with E-state index in [1.807, 2.05) is 13.1 Å². The van der Waals surface area contributed by atoms with Crippen LogP contribution in [0.5, 0.6) is 0 Å². The summed E-state index contributed by atoms with van der Waals surface area (Å²) in [7, 11) is 2.04. The van der Waals surface area contributed by atoms with E-state index in [-0.39, 0.29) is 6.67 Å². The molecule has 0 heterocycles. The lowest BCUT2D eigenvalue weighted by Gasteiger charge is -2.15. The van der Waals surface area contributed by atoms with E-state index in [0.717, 1.165) is 19.5 Å². The van der Waals surface area contributed by atoms with Crippen LogP contribution in [-0.4, -0.2) is 31.7 Å². The van der Waals surface area contributed by atoms with E-state index in [1.165, 1.54) is 5.56 Å². The highest BCUT2D eigenvalue weighted by atomic mass is 18.2. The lowest BCUT2D eigenvalue weighted by Crippen LogP contribution is -2.22. The van der Waals surface area contributed by atoms with Crippen LogP contribution in [0.2, 0.25) is 0 Å². The first-order valence-corrected chi connectivity index (χ1v) is 5.11. The van der Waals surface area contributed by atoms with Crippen molar-refractivity contribution in [3.8, 4) is 0 Å². The number of rotatable bonds is 6. The van der Waals surface area contributed by atoms with Gasteiger partial charge in [-0.2, -0.15) is 0 Å². The second kappa shape index (κ2) is 6.55. The average molecular weight is 194 g/mol. The Balaban J connectivity index is 2.20. The molecule has 0 radical (unpaired) electrons. The van der Waals surface area contributed by atoms with Crippen molar-refractivity contribution in [2.75, 3.05) is 26.8 Å².